The van der Waals surface area contributed by atoms with Crippen LogP contribution in [-0.4, -0.2) is 37.1 Å². The zero-order valence-corrected chi connectivity index (χ0v) is 15.4. The second kappa shape index (κ2) is 9.12. The van der Waals surface area contributed by atoms with Crippen LogP contribution in [0.1, 0.15) is 10.4 Å². The number of ether oxygens (including phenoxy) is 2. The van der Waals surface area contributed by atoms with Gasteiger partial charge in [-0.1, -0.05) is 0 Å². The van der Waals surface area contributed by atoms with Crippen LogP contribution in [0.5, 0.6) is 11.5 Å². The molecule has 0 fully saturated rings. The first-order valence-corrected chi connectivity index (χ1v) is 8.18. The lowest BCUT2D eigenvalue weighted by Gasteiger charge is -2.11. The molecule has 11 heteroatoms. The molecule has 1 aromatic heterocycles. The number of rotatable bonds is 7. The molecule has 0 unspecified atom stereocenters. The van der Waals surface area contributed by atoms with Crippen molar-refractivity contribution in [2.24, 2.45) is 0 Å². The van der Waals surface area contributed by atoms with E-state index in [1.165, 1.54) is 31.5 Å². The number of pyridine rings is 1. The molecule has 27 heavy (non-hydrogen) atoms. The quantitative estimate of drug-likeness (QED) is 0.604. The molecule has 1 heterocycles. The molecule has 8 nitrogen and oxygen atoms in total. The first-order valence-electron chi connectivity index (χ1n) is 7.39. The lowest BCUT2D eigenvalue weighted by atomic mass is 10.2. The number of alkyl halides is 2. The van der Waals surface area contributed by atoms with Gasteiger partial charge in [0.25, 0.3) is 11.5 Å². The molecule has 0 aliphatic carbocycles. The van der Waals surface area contributed by atoms with Gasteiger partial charge in [-0.2, -0.15) is 8.78 Å². The number of carbonyl (C=O) groups excluding carboxylic acids is 2. The van der Waals surface area contributed by atoms with E-state index in [-0.39, 0.29) is 22.7 Å². The summed E-state index contributed by atoms with van der Waals surface area (Å²) >= 11 is 3.15. The number of anilines is 1. The number of hydrogen-bond acceptors (Lipinski definition) is 5. The minimum atomic E-state index is -3.04. The summed E-state index contributed by atoms with van der Waals surface area (Å²) in [5.74, 6) is -1.56. The molecule has 2 rings (SSSR count). The third-order valence-corrected chi connectivity index (χ3v) is 3.65. The predicted octanol–water partition coefficient (Wildman–Crippen LogP) is 2.12. The highest BCUT2D eigenvalue weighted by atomic mass is 79.9. The van der Waals surface area contributed by atoms with Crippen molar-refractivity contribution in [3.8, 4) is 11.5 Å². The second-order valence-electron chi connectivity index (χ2n) is 5.04. The van der Waals surface area contributed by atoms with Crippen LogP contribution in [0.25, 0.3) is 0 Å². The van der Waals surface area contributed by atoms with E-state index in [4.69, 9.17) is 4.74 Å². The molecule has 0 saturated carbocycles. The van der Waals surface area contributed by atoms with Gasteiger partial charge in [0.2, 0.25) is 5.91 Å². The van der Waals surface area contributed by atoms with E-state index in [1.807, 2.05) is 0 Å². The number of aromatic nitrogens is 1. The zero-order valence-electron chi connectivity index (χ0n) is 13.8. The third-order valence-electron chi connectivity index (χ3n) is 3.19. The van der Waals surface area contributed by atoms with E-state index < -0.39 is 30.5 Å². The summed E-state index contributed by atoms with van der Waals surface area (Å²) in [5.41, 5.74) is -0.419. The Morgan fingerprint density at radius 1 is 1.26 bits per heavy atom. The van der Waals surface area contributed by atoms with Gasteiger partial charge >= 0.3 is 6.61 Å². The highest BCUT2D eigenvalue weighted by molar-refractivity contribution is 9.10. The first kappa shape index (κ1) is 20.4. The predicted molar refractivity (Wildman–Crippen MR) is 95.4 cm³/mol. The van der Waals surface area contributed by atoms with Crippen LogP contribution in [-0.2, 0) is 4.79 Å². The van der Waals surface area contributed by atoms with Crippen molar-refractivity contribution in [3.05, 3.63) is 50.9 Å². The Hall–Kier alpha value is -2.95. The highest BCUT2D eigenvalue weighted by Crippen LogP contribution is 2.29. The molecule has 2 aromatic rings. The Morgan fingerprint density at radius 2 is 2.00 bits per heavy atom. The molecule has 0 bridgehead atoms. The Morgan fingerprint density at radius 3 is 2.67 bits per heavy atom. The molecule has 2 amide bonds. The van der Waals surface area contributed by atoms with Crippen molar-refractivity contribution in [1.82, 2.24) is 10.3 Å². The van der Waals surface area contributed by atoms with Gasteiger partial charge in [-0.25, -0.2) is 0 Å². The average molecular weight is 446 g/mol. The molecular formula is C16H14BrF2N3O5. The summed E-state index contributed by atoms with van der Waals surface area (Å²) in [6, 6.07) is 5.00. The molecule has 0 spiro atoms. The van der Waals surface area contributed by atoms with Gasteiger partial charge in [0.15, 0.2) is 11.5 Å². The molecular weight excluding hydrogens is 432 g/mol. The van der Waals surface area contributed by atoms with Crippen LogP contribution in [0.4, 0.5) is 14.5 Å². The van der Waals surface area contributed by atoms with E-state index in [0.29, 0.717) is 4.47 Å². The van der Waals surface area contributed by atoms with E-state index in [2.05, 4.69) is 36.3 Å². The minimum absolute atomic E-state index is 0.0128. The summed E-state index contributed by atoms with van der Waals surface area (Å²) in [5, 5.41) is 4.70. The van der Waals surface area contributed by atoms with Gasteiger partial charge in [0, 0.05) is 16.2 Å². The van der Waals surface area contributed by atoms with Crippen LogP contribution in [0, 0.1) is 0 Å². The number of halogens is 3. The molecule has 0 saturated heterocycles. The van der Waals surface area contributed by atoms with Crippen molar-refractivity contribution in [1.29, 1.82) is 0 Å². The SMILES string of the molecule is COc1cc(C(=O)NCC(=O)Nc2cc(Br)c[nH]c2=O)ccc1OC(F)F. The first-order chi connectivity index (χ1) is 12.8. The molecule has 0 atom stereocenters. The largest absolute Gasteiger partial charge is 0.493 e. The average Bonchev–Trinajstić information content (AvgIpc) is 2.62. The fraction of sp³-hybridized carbons (Fsp3) is 0.188. The van der Waals surface area contributed by atoms with Crippen molar-refractivity contribution in [3.63, 3.8) is 0 Å². The second-order valence-corrected chi connectivity index (χ2v) is 5.95. The molecule has 3 N–H and O–H groups in total. The monoisotopic (exact) mass is 445 g/mol. The van der Waals surface area contributed by atoms with Crippen molar-refractivity contribution >= 4 is 33.4 Å². The normalized spacial score (nSPS) is 10.4. The molecule has 0 aliphatic rings. The van der Waals surface area contributed by atoms with Crippen LogP contribution >= 0.6 is 15.9 Å². The highest BCUT2D eigenvalue weighted by Gasteiger charge is 2.15. The fourth-order valence-electron chi connectivity index (χ4n) is 2.01. The van der Waals surface area contributed by atoms with Crippen molar-refractivity contribution < 1.29 is 27.8 Å². The van der Waals surface area contributed by atoms with Gasteiger partial charge < -0.3 is 25.1 Å². The summed E-state index contributed by atoms with van der Waals surface area (Å²) in [4.78, 5) is 38.0. The van der Waals surface area contributed by atoms with E-state index in [1.54, 1.807) is 0 Å². The van der Waals surface area contributed by atoms with Gasteiger partial charge in [-0.05, 0) is 40.2 Å². The summed E-state index contributed by atoms with van der Waals surface area (Å²) < 4.78 is 34.3. The number of carbonyl (C=O) groups is 2. The van der Waals surface area contributed by atoms with Crippen molar-refractivity contribution in [2.75, 3.05) is 19.0 Å². The lowest BCUT2D eigenvalue weighted by molar-refractivity contribution is -0.115. The minimum Gasteiger partial charge on any atom is -0.493 e. The van der Waals surface area contributed by atoms with Crippen LogP contribution in [0.15, 0.2) is 39.7 Å². The Balaban J connectivity index is 1.99. The standard InChI is InChI=1S/C16H14BrF2N3O5/c1-26-12-4-8(2-3-11(12)27-16(18)19)14(24)21-7-13(23)22-10-5-9(17)6-20-15(10)25/h2-6,16H,7H2,1H3,(H,20,25)(H,21,24)(H,22,23). The number of benzene rings is 1. The Kier molecular flexibility index (Phi) is 6.88. The van der Waals surface area contributed by atoms with Crippen molar-refractivity contribution in [2.45, 2.75) is 6.61 Å². The van der Waals surface area contributed by atoms with E-state index in [9.17, 15) is 23.2 Å². The number of aromatic amines is 1. The molecule has 0 radical (unpaired) electrons. The number of methoxy groups -OCH3 is 1. The van der Waals surface area contributed by atoms with Gasteiger partial charge in [-0.15, -0.1) is 0 Å². The number of nitrogens with one attached hydrogen (secondary N) is 3. The summed E-state index contributed by atoms with van der Waals surface area (Å²) in [7, 11) is 1.23. The number of H-pyrrole nitrogens is 1. The maximum atomic E-state index is 12.3. The van der Waals surface area contributed by atoms with Gasteiger partial charge in [-0.3, -0.25) is 14.4 Å². The maximum absolute atomic E-state index is 12.3. The number of hydrogen-bond donors (Lipinski definition) is 3. The van der Waals surface area contributed by atoms with Gasteiger partial charge in [0.05, 0.1) is 13.7 Å². The molecule has 1 aromatic carbocycles. The van der Waals surface area contributed by atoms with Crippen LogP contribution < -0.4 is 25.7 Å². The zero-order chi connectivity index (χ0) is 20.0. The Labute approximate surface area is 160 Å². The fourth-order valence-corrected chi connectivity index (χ4v) is 2.35. The topological polar surface area (TPSA) is 110 Å². The van der Waals surface area contributed by atoms with Gasteiger partial charge in [0.1, 0.15) is 5.69 Å². The van der Waals surface area contributed by atoms with E-state index >= 15 is 0 Å². The summed E-state index contributed by atoms with van der Waals surface area (Å²) in [6.07, 6.45) is 1.41. The lowest BCUT2D eigenvalue weighted by Crippen LogP contribution is -2.34. The Bertz CT molecular complexity index is 904. The molecule has 0 aliphatic heterocycles. The maximum Gasteiger partial charge on any atom is 0.387 e. The third kappa shape index (κ3) is 5.78. The van der Waals surface area contributed by atoms with Crippen LogP contribution in [0.2, 0.25) is 0 Å². The number of amides is 2. The summed E-state index contributed by atoms with van der Waals surface area (Å²) in [6.45, 7) is -3.45. The van der Waals surface area contributed by atoms with Crippen LogP contribution in [0.3, 0.4) is 0 Å². The molecule has 144 valence electrons. The van der Waals surface area contributed by atoms with E-state index in [0.717, 1.165) is 6.07 Å². The smallest absolute Gasteiger partial charge is 0.387 e.